The number of likely N-dealkylation sites (N-methyl/N-ethyl adjacent to an activating group) is 1. The third kappa shape index (κ3) is 5.23. The van der Waals surface area contributed by atoms with Gasteiger partial charge in [0.05, 0.1) is 6.61 Å². The second kappa shape index (κ2) is 7.70. The number of carbonyl (C=O) groups excluding carboxylic acids is 1. The van der Waals surface area contributed by atoms with Gasteiger partial charge in [0.25, 0.3) is 5.91 Å². The van der Waals surface area contributed by atoms with Crippen LogP contribution in [-0.2, 0) is 4.74 Å². The van der Waals surface area contributed by atoms with Crippen molar-refractivity contribution < 1.29 is 9.53 Å². The summed E-state index contributed by atoms with van der Waals surface area (Å²) in [4.78, 5) is 28.3. The number of pyridine rings is 1. The Balaban J connectivity index is 2.41. The van der Waals surface area contributed by atoms with Crippen LogP contribution in [0.4, 0.5) is 0 Å². The first-order valence-corrected chi connectivity index (χ1v) is 6.19. The topological polar surface area (TPSA) is 74.4 Å². The Hall–Kier alpha value is -1.66. The monoisotopic (exact) mass is 267 g/mol. The molecule has 0 aliphatic heterocycles. The minimum absolute atomic E-state index is 0.144. The zero-order valence-electron chi connectivity index (χ0n) is 11.7. The van der Waals surface area contributed by atoms with Gasteiger partial charge in [-0.25, -0.2) is 0 Å². The van der Waals surface area contributed by atoms with Gasteiger partial charge in [-0.15, -0.1) is 0 Å². The molecule has 0 fully saturated rings. The van der Waals surface area contributed by atoms with Crippen LogP contribution in [0.25, 0.3) is 0 Å². The molecule has 0 saturated heterocycles. The van der Waals surface area contributed by atoms with Gasteiger partial charge >= 0.3 is 0 Å². The number of H-pyrrole nitrogens is 1. The fourth-order valence-corrected chi connectivity index (χ4v) is 1.57. The number of nitrogens with zero attached hydrogens (tertiary/aromatic N) is 1. The van der Waals surface area contributed by atoms with Crippen LogP contribution in [0, 0.1) is 6.92 Å². The van der Waals surface area contributed by atoms with Crippen LogP contribution < -0.4 is 10.7 Å². The van der Waals surface area contributed by atoms with Crippen molar-refractivity contribution in [1.82, 2.24) is 15.2 Å². The Kier molecular flexibility index (Phi) is 6.24. The first kappa shape index (κ1) is 15.4. The summed E-state index contributed by atoms with van der Waals surface area (Å²) in [6, 6.07) is 1.42. The lowest BCUT2D eigenvalue weighted by Crippen LogP contribution is -2.36. The largest absolute Gasteiger partial charge is 0.383 e. The summed E-state index contributed by atoms with van der Waals surface area (Å²) in [5, 5.41) is 2.73. The van der Waals surface area contributed by atoms with Crippen LogP contribution in [0.5, 0.6) is 0 Å². The molecule has 6 nitrogen and oxygen atoms in total. The van der Waals surface area contributed by atoms with E-state index in [1.165, 1.54) is 12.3 Å². The Bertz CT molecular complexity index is 470. The van der Waals surface area contributed by atoms with Gasteiger partial charge in [-0.05, 0) is 14.0 Å². The molecule has 19 heavy (non-hydrogen) atoms. The van der Waals surface area contributed by atoms with Gasteiger partial charge < -0.3 is 19.9 Å². The molecule has 0 bridgehead atoms. The number of aryl methyl sites for hydroxylation is 1. The SMILES string of the molecule is COCCN(C)CCNC(=O)c1c[nH]c(C)cc1=O. The van der Waals surface area contributed by atoms with Gasteiger partial charge in [0.1, 0.15) is 5.56 Å². The zero-order valence-corrected chi connectivity index (χ0v) is 11.7. The van der Waals surface area contributed by atoms with Crippen molar-refractivity contribution in [2.24, 2.45) is 0 Å². The van der Waals surface area contributed by atoms with Crippen LogP contribution in [0.1, 0.15) is 16.1 Å². The molecular formula is C13H21N3O3. The fourth-order valence-electron chi connectivity index (χ4n) is 1.57. The van der Waals surface area contributed by atoms with Gasteiger partial charge in [-0.2, -0.15) is 0 Å². The minimum atomic E-state index is -0.346. The van der Waals surface area contributed by atoms with E-state index in [4.69, 9.17) is 4.74 Å². The van der Waals surface area contributed by atoms with Gasteiger partial charge in [0.15, 0.2) is 5.43 Å². The second-order valence-corrected chi connectivity index (χ2v) is 4.45. The van der Waals surface area contributed by atoms with Crippen molar-refractivity contribution in [2.75, 3.05) is 40.4 Å². The smallest absolute Gasteiger partial charge is 0.256 e. The van der Waals surface area contributed by atoms with E-state index in [0.717, 1.165) is 12.2 Å². The van der Waals surface area contributed by atoms with E-state index in [0.29, 0.717) is 19.7 Å². The number of aromatic nitrogens is 1. The summed E-state index contributed by atoms with van der Waals surface area (Å²) in [5.41, 5.74) is 0.618. The maximum atomic E-state index is 11.8. The van der Waals surface area contributed by atoms with E-state index in [9.17, 15) is 9.59 Å². The number of methoxy groups -OCH3 is 1. The molecule has 106 valence electrons. The highest BCUT2D eigenvalue weighted by Crippen LogP contribution is 1.92. The summed E-state index contributed by atoms with van der Waals surface area (Å²) in [5.74, 6) is -0.346. The van der Waals surface area contributed by atoms with E-state index in [2.05, 4.69) is 10.3 Å². The molecule has 0 unspecified atom stereocenters. The lowest BCUT2D eigenvalue weighted by Gasteiger charge is -2.16. The lowest BCUT2D eigenvalue weighted by molar-refractivity contribution is 0.0946. The van der Waals surface area contributed by atoms with E-state index in [1.54, 1.807) is 14.0 Å². The quantitative estimate of drug-likeness (QED) is 0.729. The predicted octanol–water partition coefficient (Wildman–Crippen LogP) is -0.00868. The Labute approximate surface area is 112 Å². The van der Waals surface area contributed by atoms with Gasteiger partial charge in [-0.1, -0.05) is 0 Å². The zero-order chi connectivity index (χ0) is 14.3. The van der Waals surface area contributed by atoms with Crippen molar-refractivity contribution in [1.29, 1.82) is 0 Å². The normalized spacial score (nSPS) is 10.7. The molecule has 1 aromatic heterocycles. The van der Waals surface area contributed by atoms with Crippen LogP contribution in [0.3, 0.4) is 0 Å². The molecule has 0 aromatic carbocycles. The molecule has 0 atom stereocenters. The summed E-state index contributed by atoms with van der Waals surface area (Å²) in [7, 11) is 3.60. The molecule has 0 aliphatic carbocycles. The summed E-state index contributed by atoms with van der Waals surface area (Å²) in [6.45, 7) is 4.43. The summed E-state index contributed by atoms with van der Waals surface area (Å²) in [6.07, 6.45) is 1.45. The first-order chi connectivity index (χ1) is 9.04. The third-order valence-corrected chi connectivity index (χ3v) is 2.76. The lowest BCUT2D eigenvalue weighted by atomic mass is 10.2. The van der Waals surface area contributed by atoms with Crippen LogP contribution in [0.2, 0.25) is 0 Å². The fraction of sp³-hybridized carbons (Fsp3) is 0.538. The first-order valence-electron chi connectivity index (χ1n) is 6.19. The standard InChI is InChI=1S/C13H21N3O3/c1-10-8-12(17)11(9-15-10)13(18)14-4-5-16(2)6-7-19-3/h8-9H,4-7H2,1-3H3,(H,14,18)(H,15,17). The van der Waals surface area contributed by atoms with Gasteiger partial charge in [0, 0.05) is 44.7 Å². The van der Waals surface area contributed by atoms with Crippen molar-refractivity contribution in [3.05, 3.63) is 33.7 Å². The van der Waals surface area contributed by atoms with Crippen molar-refractivity contribution >= 4 is 5.91 Å². The number of rotatable bonds is 7. The molecule has 1 amide bonds. The molecule has 1 heterocycles. The Morgan fingerprint density at radius 1 is 1.47 bits per heavy atom. The molecule has 0 aliphatic rings. The molecule has 2 N–H and O–H groups in total. The molecule has 6 heteroatoms. The highest BCUT2D eigenvalue weighted by molar-refractivity contribution is 5.93. The Morgan fingerprint density at radius 2 is 2.21 bits per heavy atom. The third-order valence-electron chi connectivity index (χ3n) is 2.76. The van der Waals surface area contributed by atoms with Crippen molar-refractivity contribution in [2.45, 2.75) is 6.92 Å². The van der Waals surface area contributed by atoms with Crippen LogP contribution in [-0.4, -0.2) is 56.2 Å². The van der Waals surface area contributed by atoms with Crippen molar-refractivity contribution in [3.63, 3.8) is 0 Å². The number of hydrogen-bond acceptors (Lipinski definition) is 4. The van der Waals surface area contributed by atoms with E-state index < -0.39 is 0 Å². The maximum Gasteiger partial charge on any atom is 0.256 e. The van der Waals surface area contributed by atoms with E-state index in [-0.39, 0.29) is 16.9 Å². The Morgan fingerprint density at radius 3 is 2.84 bits per heavy atom. The van der Waals surface area contributed by atoms with Crippen LogP contribution in [0.15, 0.2) is 17.1 Å². The minimum Gasteiger partial charge on any atom is -0.383 e. The average molecular weight is 267 g/mol. The number of amides is 1. The number of aromatic amines is 1. The number of ether oxygens (including phenoxy) is 1. The number of nitrogens with one attached hydrogen (secondary N) is 2. The molecule has 0 spiro atoms. The predicted molar refractivity (Wildman–Crippen MR) is 73.5 cm³/mol. The van der Waals surface area contributed by atoms with Gasteiger partial charge in [-0.3, -0.25) is 9.59 Å². The van der Waals surface area contributed by atoms with Crippen molar-refractivity contribution in [3.8, 4) is 0 Å². The molecular weight excluding hydrogens is 246 g/mol. The second-order valence-electron chi connectivity index (χ2n) is 4.45. The molecule has 1 aromatic rings. The summed E-state index contributed by atoms with van der Waals surface area (Å²) < 4.78 is 4.96. The molecule has 0 saturated carbocycles. The molecule has 0 radical (unpaired) electrons. The summed E-state index contributed by atoms with van der Waals surface area (Å²) >= 11 is 0. The number of hydrogen-bond donors (Lipinski definition) is 2. The van der Waals surface area contributed by atoms with E-state index >= 15 is 0 Å². The van der Waals surface area contributed by atoms with Crippen LogP contribution >= 0.6 is 0 Å². The molecule has 1 rings (SSSR count). The highest BCUT2D eigenvalue weighted by atomic mass is 16.5. The van der Waals surface area contributed by atoms with Gasteiger partial charge in [0.2, 0.25) is 0 Å². The van der Waals surface area contributed by atoms with E-state index in [1.807, 2.05) is 11.9 Å². The average Bonchev–Trinajstić information content (AvgIpc) is 2.36. The maximum absolute atomic E-state index is 11.8. The highest BCUT2D eigenvalue weighted by Gasteiger charge is 2.09. The number of carbonyl (C=O) groups is 1.